The standard InChI is InChI=1S/C83H130O17P2/c1-5-9-13-17-21-25-29-33-37-38-42-44-48-52-56-60-64-68-81(86)94-74-79(100-83(88)70-66-62-58-54-50-46-41-36-32-28-24-20-16-12-8-4)76-98-102(91,92)96-72-77(84)71-95-101(89,90)97-75-78(99-82(87)69-65-61-57-53-49-45-40-35-31-27-23-19-15-11-7-3)73-93-80(85)67-63-59-55-51-47-43-39-34-30-26-22-18-14-10-6-2/h9-16,21-28,33-37,39-42,44,47,50-51,54,62,66,77-79,84H,5-8,17-20,29-32,38,43,45-46,48-49,52-53,55-61,63-65,67-76H2,1-4H3,(H,89,90)(H,91,92)/b13-9-,14-10-,15-11-,16-12-,25-21-,26-22-,27-23-,28-24-,37-33-,39-34-,40-35-,41-36-,44-42-,51-47-,54-50-,66-62-. The normalized spacial score (nSPS) is 15.0. The van der Waals surface area contributed by atoms with E-state index in [1.807, 2.05) is 12.2 Å². The van der Waals surface area contributed by atoms with Gasteiger partial charge in [-0.05, 0) is 161 Å². The summed E-state index contributed by atoms with van der Waals surface area (Å²) in [5, 5.41) is 10.6. The van der Waals surface area contributed by atoms with Gasteiger partial charge in [0.15, 0.2) is 12.2 Å². The van der Waals surface area contributed by atoms with Gasteiger partial charge in [0.2, 0.25) is 0 Å². The molecule has 5 atom stereocenters. The molecule has 0 saturated carbocycles. The highest BCUT2D eigenvalue weighted by molar-refractivity contribution is 7.47. The van der Waals surface area contributed by atoms with Gasteiger partial charge in [0.25, 0.3) is 0 Å². The molecule has 0 rings (SSSR count). The fourth-order valence-corrected chi connectivity index (χ4v) is 10.6. The third kappa shape index (κ3) is 72.3. The first-order chi connectivity index (χ1) is 49.7. The van der Waals surface area contributed by atoms with E-state index in [-0.39, 0.29) is 25.7 Å². The summed E-state index contributed by atoms with van der Waals surface area (Å²) in [6.07, 6.45) is 88.9. The molecule has 5 unspecified atom stereocenters. The summed E-state index contributed by atoms with van der Waals surface area (Å²) in [6, 6.07) is 0. The van der Waals surface area contributed by atoms with E-state index in [1.165, 1.54) is 0 Å². The monoisotopic (exact) mass is 1460 g/mol. The zero-order valence-electron chi connectivity index (χ0n) is 62.4. The van der Waals surface area contributed by atoms with Crippen LogP contribution in [-0.2, 0) is 65.4 Å². The molecule has 102 heavy (non-hydrogen) atoms. The van der Waals surface area contributed by atoms with Crippen molar-refractivity contribution in [2.45, 2.75) is 264 Å². The number of hydrogen-bond acceptors (Lipinski definition) is 15. The first kappa shape index (κ1) is 95.9. The summed E-state index contributed by atoms with van der Waals surface area (Å²) in [7, 11) is -10.0. The average molecular weight is 1460 g/mol. The molecule has 574 valence electrons. The molecule has 19 heteroatoms. The van der Waals surface area contributed by atoms with Crippen molar-refractivity contribution < 1.29 is 80.2 Å². The highest BCUT2D eigenvalue weighted by Crippen LogP contribution is 2.45. The van der Waals surface area contributed by atoms with Crippen molar-refractivity contribution in [3.8, 4) is 0 Å². The van der Waals surface area contributed by atoms with Gasteiger partial charge in [-0.25, -0.2) is 9.13 Å². The predicted octanol–water partition coefficient (Wildman–Crippen LogP) is 21.8. The maximum Gasteiger partial charge on any atom is 0.472 e. The Kier molecular flexibility index (Phi) is 68.8. The summed E-state index contributed by atoms with van der Waals surface area (Å²) in [5.41, 5.74) is 0. The third-order valence-electron chi connectivity index (χ3n) is 14.6. The third-order valence-corrected chi connectivity index (χ3v) is 16.5. The Morgan fingerprint density at radius 2 is 0.520 bits per heavy atom. The second kappa shape index (κ2) is 73.2. The van der Waals surface area contributed by atoms with Crippen LogP contribution in [0.3, 0.4) is 0 Å². The fourth-order valence-electron chi connectivity index (χ4n) is 9.00. The SMILES string of the molecule is CC/C=C\C/C=C\C/C=C\C/C=C\C/C=C\CC(=O)OC(COC(=O)CCCCCC/C=C\C/C=C\C/C=C\C/C=C\CC)COP(=O)(O)OCC(O)COP(=O)(O)OCC(COC(=O)CCCC/C=C\C/C=C\C/C=C\C/C=C\CC)OC(=O)CCCCCCC/C=C\C/C=C\C/C=C\CC. The van der Waals surface area contributed by atoms with Crippen LogP contribution in [0, 0.1) is 0 Å². The number of hydrogen-bond donors (Lipinski definition) is 3. The van der Waals surface area contributed by atoms with E-state index in [0.29, 0.717) is 25.7 Å². The van der Waals surface area contributed by atoms with Crippen molar-refractivity contribution in [2.24, 2.45) is 0 Å². The van der Waals surface area contributed by atoms with Crippen molar-refractivity contribution in [3.05, 3.63) is 194 Å². The van der Waals surface area contributed by atoms with Crippen molar-refractivity contribution in [3.63, 3.8) is 0 Å². The van der Waals surface area contributed by atoms with Crippen molar-refractivity contribution in [1.82, 2.24) is 0 Å². The molecule has 0 fully saturated rings. The van der Waals surface area contributed by atoms with Crippen LogP contribution in [0.1, 0.15) is 246 Å². The van der Waals surface area contributed by atoms with E-state index < -0.39 is 97.5 Å². The number of carbonyl (C=O) groups is 4. The first-order valence-corrected chi connectivity index (χ1v) is 40.7. The molecule has 0 aromatic rings. The van der Waals surface area contributed by atoms with Crippen LogP contribution in [0.15, 0.2) is 194 Å². The maximum atomic E-state index is 13.1. The number of unbranched alkanes of at least 4 members (excludes halogenated alkanes) is 11. The van der Waals surface area contributed by atoms with Gasteiger partial charge in [-0.3, -0.25) is 37.3 Å². The van der Waals surface area contributed by atoms with Gasteiger partial charge in [-0.1, -0.05) is 254 Å². The Morgan fingerprint density at radius 1 is 0.284 bits per heavy atom. The zero-order chi connectivity index (χ0) is 74.6. The van der Waals surface area contributed by atoms with Gasteiger partial charge in [-0.15, -0.1) is 0 Å². The van der Waals surface area contributed by atoms with E-state index in [9.17, 15) is 43.2 Å². The molecule has 0 amide bonds. The van der Waals surface area contributed by atoms with Crippen molar-refractivity contribution >= 4 is 39.5 Å². The molecule has 17 nitrogen and oxygen atoms in total. The molecule has 0 aliphatic rings. The molecule has 0 aliphatic heterocycles. The molecule has 0 bridgehead atoms. The molecule has 0 spiro atoms. The second-order valence-electron chi connectivity index (χ2n) is 24.1. The van der Waals surface area contributed by atoms with Crippen molar-refractivity contribution in [1.29, 1.82) is 0 Å². The number of phosphoric ester groups is 2. The lowest BCUT2D eigenvalue weighted by molar-refractivity contribution is -0.161. The van der Waals surface area contributed by atoms with E-state index in [4.69, 9.17) is 37.0 Å². The minimum Gasteiger partial charge on any atom is -0.462 e. The summed E-state index contributed by atoms with van der Waals surface area (Å²) in [6.45, 7) is 4.16. The number of aliphatic hydroxyl groups is 1. The van der Waals surface area contributed by atoms with Gasteiger partial charge in [-0.2, -0.15) is 0 Å². The van der Waals surface area contributed by atoms with Crippen LogP contribution in [0.4, 0.5) is 0 Å². The summed E-state index contributed by atoms with van der Waals surface area (Å²) in [4.78, 5) is 72.8. The van der Waals surface area contributed by atoms with E-state index in [2.05, 4.69) is 198 Å². The van der Waals surface area contributed by atoms with Gasteiger partial charge < -0.3 is 33.8 Å². The van der Waals surface area contributed by atoms with Gasteiger partial charge in [0.05, 0.1) is 32.8 Å². The first-order valence-electron chi connectivity index (χ1n) is 37.7. The zero-order valence-corrected chi connectivity index (χ0v) is 64.2. The number of carbonyl (C=O) groups excluding carboxylic acids is 4. The van der Waals surface area contributed by atoms with Gasteiger partial charge >= 0.3 is 39.5 Å². The largest absolute Gasteiger partial charge is 0.472 e. The predicted molar refractivity (Wildman–Crippen MR) is 417 cm³/mol. The molecular weight excluding hydrogens is 1330 g/mol. The topological polar surface area (TPSA) is 237 Å². The van der Waals surface area contributed by atoms with Crippen LogP contribution in [0.25, 0.3) is 0 Å². The number of phosphoric acid groups is 2. The molecule has 0 radical (unpaired) electrons. The average Bonchev–Trinajstić information content (AvgIpc) is 0.919. The van der Waals surface area contributed by atoms with E-state index in [0.717, 1.165) is 167 Å². The number of esters is 4. The van der Waals surface area contributed by atoms with E-state index >= 15 is 0 Å². The lowest BCUT2D eigenvalue weighted by Gasteiger charge is -2.21. The smallest absolute Gasteiger partial charge is 0.462 e. The molecule has 0 aromatic carbocycles. The molecule has 0 aliphatic carbocycles. The Labute approximate surface area is 615 Å². The molecule has 0 heterocycles. The summed E-state index contributed by atoms with van der Waals surface area (Å²) in [5.74, 6) is -2.44. The summed E-state index contributed by atoms with van der Waals surface area (Å²) < 4.78 is 68.3. The van der Waals surface area contributed by atoms with Crippen molar-refractivity contribution in [2.75, 3.05) is 39.6 Å². The molecular formula is C83H130O17P2. The highest BCUT2D eigenvalue weighted by atomic mass is 31.2. The molecule has 3 N–H and O–H groups in total. The summed E-state index contributed by atoms with van der Waals surface area (Å²) >= 11 is 0. The fraction of sp³-hybridized carbons (Fsp3) is 0.566. The van der Waals surface area contributed by atoms with Crippen LogP contribution in [0.2, 0.25) is 0 Å². The second-order valence-corrected chi connectivity index (χ2v) is 27.0. The number of aliphatic hydroxyl groups excluding tert-OH is 1. The Bertz CT molecular complexity index is 2700. The number of rotatable bonds is 68. The maximum absolute atomic E-state index is 13.1. The van der Waals surface area contributed by atoms with Gasteiger partial charge in [0, 0.05) is 19.3 Å². The van der Waals surface area contributed by atoms with Crippen LogP contribution in [0.5, 0.6) is 0 Å². The lowest BCUT2D eigenvalue weighted by Crippen LogP contribution is -2.30. The molecule has 0 saturated heterocycles. The Morgan fingerprint density at radius 3 is 0.843 bits per heavy atom. The minimum atomic E-state index is -5.02. The molecule has 0 aromatic heterocycles. The number of ether oxygens (including phenoxy) is 4. The highest BCUT2D eigenvalue weighted by Gasteiger charge is 2.30. The van der Waals surface area contributed by atoms with Gasteiger partial charge in [0.1, 0.15) is 19.3 Å². The van der Waals surface area contributed by atoms with Crippen LogP contribution in [-0.4, -0.2) is 96.7 Å². The van der Waals surface area contributed by atoms with Crippen LogP contribution >= 0.6 is 15.6 Å². The lowest BCUT2D eigenvalue weighted by atomic mass is 10.1. The number of allylic oxidation sites excluding steroid dienone is 31. The Balaban J connectivity index is 5.52. The van der Waals surface area contributed by atoms with E-state index in [1.54, 1.807) is 12.2 Å². The Hall–Kier alpha value is -6.10. The van der Waals surface area contributed by atoms with Crippen LogP contribution < -0.4 is 0 Å². The quantitative estimate of drug-likeness (QED) is 0.0169. The minimum absolute atomic E-state index is 0.0553.